The molecule has 114 valence electrons. The van der Waals surface area contributed by atoms with Crippen molar-refractivity contribution in [3.05, 3.63) is 38.9 Å². The lowest BCUT2D eigenvalue weighted by Crippen LogP contribution is -2.40. The van der Waals surface area contributed by atoms with Gasteiger partial charge in [0.25, 0.3) is 5.91 Å². The number of hydrogen-bond acceptors (Lipinski definition) is 4. The van der Waals surface area contributed by atoms with E-state index in [1.165, 1.54) is 23.1 Å². The van der Waals surface area contributed by atoms with Crippen LogP contribution in [0.25, 0.3) is 0 Å². The van der Waals surface area contributed by atoms with Crippen molar-refractivity contribution in [1.29, 1.82) is 0 Å². The molecule has 0 saturated heterocycles. The van der Waals surface area contributed by atoms with Gasteiger partial charge in [-0.3, -0.25) is 19.7 Å². The zero-order valence-electron chi connectivity index (χ0n) is 11.6. The normalized spacial score (nSPS) is 11.8. The van der Waals surface area contributed by atoms with Crippen molar-refractivity contribution in [2.45, 2.75) is 26.3 Å². The Morgan fingerprint density at radius 2 is 2.10 bits per heavy atom. The molecule has 1 atom stereocenters. The van der Waals surface area contributed by atoms with Crippen molar-refractivity contribution < 1.29 is 19.6 Å². The summed E-state index contributed by atoms with van der Waals surface area (Å²) in [7, 11) is 0. The lowest BCUT2D eigenvalue weighted by Gasteiger charge is -2.27. The number of para-hydroxylation sites is 1. The van der Waals surface area contributed by atoms with Gasteiger partial charge in [-0.25, -0.2) is 0 Å². The summed E-state index contributed by atoms with van der Waals surface area (Å²) in [5.74, 6) is -1.66. The number of carboxylic acid groups (broad SMARTS) is 1. The number of carbonyl (C=O) groups is 2. The summed E-state index contributed by atoms with van der Waals surface area (Å²) in [5.41, 5.74) is -0.614. The van der Waals surface area contributed by atoms with Crippen LogP contribution >= 0.6 is 11.6 Å². The SMILES string of the molecule is CCN(C(=O)c1cccc(Cl)c1[N+](=O)[O-])C(C)CC(=O)O. The van der Waals surface area contributed by atoms with Gasteiger partial charge in [0, 0.05) is 12.6 Å². The van der Waals surface area contributed by atoms with Crippen LogP contribution in [0.2, 0.25) is 5.02 Å². The first kappa shape index (κ1) is 16.9. The Kier molecular flexibility index (Phi) is 5.66. The van der Waals surface area contributed by atoms with E-state index in [0.29, 0.717) is 0 Å². The van der Waals surface area contributed by atoms with Crippen LogP contribution in [0.1, 0.15) is 30.6 Å². The third-order valence-corrected chi connectivity index (χ3v) is 3.31. The number of carboxylic acids is 1. The number of nitro benzene ring substituents is 1. The molecule has 1 amide bonds. The quantitative estimate of drug-likeness (QED) is 0.642. The van der Waals surface area contributed by atoms with Gasteiger partial charge in [0.05, 0.1) is 11.3 Å². The molecule has 1 rings (SSSR count). The molecule has 0 aromatic heterocycles. The van der Waals surface area contributed by atoms with E-state index in [0.717, 1.165) is 0 Å². The Morgan fingerprint density at radius 3 is 2.57 bits per heavy atom. The third-order valence-electron chi connectivity index (χ3n) is 3.00. The van der Waals surface area contributed by atoms with Crippen molar-refractivity contribution in [3.8, 4) is 0 Å². The molecule has 8 heteroatoms. The Hall–Kier alpha value is -2.15. The molecule has 0 heterocycles. The van der Waals surface area contributed by atoms with Crippen LogP contribution in [-0.2, 0) is 4.79 Å². The van der Waals surface area contributed by atoms with Gasteiger partial charge in [-0.05, 0) is 26.0 Å². The topological polar surface area (TPSA) is 101 Å². The van der Waals surface area contributed by atoms with Gasteiger partial charge < -0.3 is 10.0 Å². The third kappa shape index (κ3) is 3.91. The van der Waals surface area contributed by atoms with Gasteiger partial charge >= 0.3 is 11.7 Å². The zero-order valence-corrected chi connectivity index (χ0v) is 12.3. The molecule has 1 unspecified atom stereocenters. The van der Waals surface area contributed by atoms with E-state index in [4.69, 9.17) is 16.7 Å². The van der Waals surface area contributed by atoms with E-state index in [-0.39, 0.29) is 23.6 Å². The van der Waals surface area contributed by atoms with Gasteiger partial charge in [-0.15, -0.1) is 0 Å². The number of nitro groups is 1. The minimum Gasteiger partial charge on any atom is -0.481 e. The van der Waals surface area contributed by atoms with Crippen LogP contribution in [0.4, 0.5) is 5.69 Å². The Labute approximate surface area is 126 Å². The van der Waals surface area contributed by atoms with E-state index in [9.17, 15) is 19.7 Å². The second-order valence-electron chi connectivity index (χ2n) is 4.43. The van der Waals surface area contributed by atoms with Crippen LogP contribution in [-0.4, -0.2) is 39.4 Å². The molecule has 0 spiro atoms. The highest BCUT2D eigenvalue weighted by Gasteiger charge is 2.29. The fourth-order valence-electron chi connectivity index (χ4n) is 2.05. The number of nitrogens with zero attached hydrogens (tertiary/aromatic N) is 2. The molecule has 0 aliphatic rings. The number of halogens is 1. The molecule has 7 nitrogen and oxygen atoms in total. The number of benzene rings is 1. The highest BCUT2D eigenvalue weighted by atomic mass is 35.5. The second-order valence-corrected chi connectivity index (χ2v) is 4.84. The molecule has 1 aromatic rings. The Morgan fingerprint density at radius 1 is 1.48 bits per heavy atom. The molecular weight excluding hydrogens is 300 g/mol. The number of carbonyl (C=O) groups excluding carboxylic acids is 1. The molecular formula is C13H15ClN2O5. The summed E-state index contributed by atoms with van der Waals surface area (Å²) in [4.78, 5) is 34.8. The molecule has 0 aliphatic heterocycles. The van der Waals surface area contributed by atoms with E-state index in [1.54, 1.807) is 13.8 Å². The van der Waals surface area contributed by atoms with Crippen molar-refractivity contribution >= 4 is 29.2 Å². The molecule has 0 radical (unpaired) electrons. The fourth-order valence-corrected chi connectivity index (χ4v) is 2.29. The van der Waals surface area contributed by atoms with E-state index < -0.39 is 28.5 Å². The molecule has 21 heavy (non-hydrogen) atoms. The minimum atomic E-state index is -1.05. The van der Waals surface area contributed by atoms with Gasteiger partial charge in [-0.2, -0.15) is 0 Å². The largest absolute Gasteiger partial charge is 0.481 e. The van der Waals surface area contributed by atoms with Gasteiger partial charge in [0.15, 0.2) is 0 Å². The standard InChI is InChI=1S/C13H15ClN2O5/c1-3-15(8(2)7-11(17)18)13(19)9-5-4-6-10(14)12(9)16(20)21/h4-6,8H,3,7H2,1-2H3,(H,17,18). The Bertz CT molecular complexity index is 576. The van der Waals surface area contributed by atoms with Crippen molar-refractivity contribution in [3.63, 3.8) is 0 Å². The van der Waals surface area contributed by atoms with Crippen molar-refractivity contribution in [2.24, 2.45) is 0 Å². The van der Waals surface area contributed by atoms with E-state index in [2.05, 4.69) is 0 Å². The zero-order chi connectivity index (χ0) is 16.2. The summed E-state index contributed by atoms with van der Waals surface area (Å²) in [6.45, 7) is 3.48. The van der Waals surface area contributed by atoms with Crippen LogP contribution in [0, 0.1) is 10.1 Å². The molecule has 1 N–H and O–H groups in total. The first-order valence-corrected chi connectivity index (χ1v) is 6.63. The smallest absolute Gasteiger partial charge is 0.305 e. The van der Waals surface area contributed by atoms with Gasteiger partial charge in [0.2, 0.25) is 0 Å². The van der Waals surface area contributed by atoms with Crippen LogP contribution in [0.5, 0.6) is 0 Å². The molecule has 0 saturated carbocycles. The maximum absolute atomic E-state index is 12.4. The van der Waals surface area contributed by atoms with E-state index >= 15 is 0 Å². The van der Waals surface area contributed by atoms with Gasteiger partial charge in [0.1, 0.15) is 10.6 Å². The summed E-state index contributed by atoms with van der Waals surface area (Å²) < 4.78 is 0. The lowest BCUT2D eigenvalue weighted by atomic mass is 10.1. The van der Waals surface area contributed by atoms with E-state index in [1.807, 2.05) is 0 Å². The molecule has 0 aliphatic carbocycles. The average Bonchev–Trinajstić information content (AvgIpc) is 2.37. The monoisotopic (exact) mass is 314 g/mol. The summed E-state index contributed by atoms with van der Waals surface area (Å²) in [5, 5.41) is 19.7. The maximum Gasteiger partial charge on any atom is 0.305 e. The molecule has 1 aromatic carbocycles. The van der Waals surface area contributed by atoms with Gasteiger partial charge in [-0.1, -0.05) is 17.7 Å². The van der Waals surface area contributed by atoms with Crippen LogP contribution < -0.4 is 0 Å². The number of amides is 1. The average molecular weight is 315 g/mol. The first-order chi connectivity index (χ1) is 9.79. The Balaban J connectivity index is 3.20. The number of rotatable bonds is 6. The summed E-state index contributed by atoms with van der Waals surface area (Å²) >= 11 is 5.77. The highest BCUT2D eigenvalue weighted by molar-refractivity contribution is 6.33. The molecule has 0 bridgehead atoms. The molecule has 0 fully saturated rings. The second kappa shape index (κ2) is 7.03. The first-order valence-electron chi connectivity index (χ1n) is 6.25. The van der Waals surface area contributed by atoms with Crippen molar-refractivity contribution in [2.75, 3.05) is 6.54 Å². The number of aliphatic carboxylic acids is 1. The lowest BCUT2D eigenvalue weighted by molar-refractivity contribution is -0.385. The maximum atomic E-state index is 12.4. The summed E-state index contributed by atoms with van der Waals surface area (Å²) in [6, 6.07) is 3.49. The predicted molar refractivity (Wildman–Crippen MR) is 76.5 cm³/mol. The minimum absolute atomic E-state index is 0.132. The predicted octanol–water partition coefficient (Wildman–Crippen LogP) is 2.57. The number of hydrogen-bond donors (Lipinski definition) is 1. The van der Waals surface area contributed by atoms with Crippen LogP contribution in [0.3, 0.4) is 0 Å². The summed E-state index contributed by atoms with van der Waals surface area (Å²) in [6.07, 6.45) is -0.242. The van der Waals surface area contributed by atoms with Crippen molar-refractivity contribution in [1.82, 2.24) is 4.90 Å². The fraction of sp³-hybridized carbons (Fsp3) is 0.385. The van der Waals surface area contributed by atoms with Crippen LogP contribution in [0.15, 0.2) is 18.2 Å². The highest BCUT2D eigenvalue weighted by Crippen LogP contribution is 2.29.